The number of nitrogens with zero attached hydrogens (tertiary/aromatic N) is 1. The van der Waals surface area contributed by atoms with E-state index in [0.29, 0.717) is 0 Å². The van der Waals surface area contributed by atoms with Crippen LogP contribution in [-0.4, -0.2) is 10.1 Å². The molecule has 0 aliphatic rings. The quantitative estimate of drug-likeness (QED) is 0.792. The number of aliphatic hydroxyl groups excluding tert-OH is 1. The van der Waals surface area contributed by atoms with E-state index in [2.05, 4.69) is 20.9 Å². The molecule has 0 saturated heterocycles. The second-order valence-corrected chi connectivity index (χ2v) is 3.55. The van der Waals surface area contributed by atoms with Crippen molar-refractivity contribution in [2.45, 2.75) is 26.4 Å². The van der Waals surface area contributed by atoms with E-state index in [0.717, 1.165) is 22.3 Å². The Kier molecular flexibility index (Phi) is 3.23. The van der Waals surface area contributed by atoms with Crippen molar-refractivity contribution in [1.82, 2.24) is 4.98 Å². The zero-order valence-corrected chi connectivity index (χ0v) is 8.80. The summed E-state index contributed by atoms with van der Waals surface area (Å²) in [4.78, 5) is 4.20. The number of pyridine rings is 1. The summed E-state index contributed by atoms with van der Waals surface area (Å²) in [6.45, 7) is 3.85. The SMILES string of the molecule is CC[C@@H](O)c1ccc(Br)nc1C. The molecule has 12 heavy (non-hydrogen) atoms. The largest absolute Gasteiger partial charge is 0.388 e. The minimum absolute atomic E-state index is 0.384. The molecule has 1 rings (SSSR count). The molecule has 0 saturated carbocycles. The minimum atomic E-state index is -0.384. The number of hydrogen-bond acceptors (Lipinski definition) is 2. The lowest BCUT2D eigenvalue weighted by molar-refractivity contribution is 0.172. The predicted molar refractivity (Wildman–Crippen MR) is 51.9 cm³/mol. The van der Waals surface area contributed by atoms with E-state index in [9.17, 15) is 5.11 Å². The van der Waals surface area contributed by atoms with Crippen molar-refractivity contribution >= 4 is 15.9 Å². The topological polar surface area (TPSA) is 33.1 Å². The van der Waals surface area contributed by atoms with Gasteiger partial charge < -0.3 is 5.11 Å². The van der Waals surface area contributed by atoms with Crippen molar-refractivity contribution in [3.05, 3.63) is 28.0 Å². The Balaban J connectivity index is 3.01. The normalized spacial score (nSPS) is 13.0. The van der Waals surface area contributed by atoms with Crippen molar-refractivity contribution in [3.63, 3.8) is 0 Å². The molecule has 1 aromatic heterocycles. The number of rotatable bonds is 2. The molecule has 0 aromatic carbocycles. The Bertz CT molecular complexity index is 275. The molecule has 1 N–H and O–H groups in total. The molecule has 0 unspecified atom stereocenters. The van der Waals surface area contributed by atoms with Gasteiger partial charge in [0.1, 0.15) is 4.60 Å². The van der Waals surface area contributed by atoms with Gasteiger partial charge in [-0.25, -0.2) is 4.98 Å². The molecule has 2 nitrogen and oxygen atoms in total. The van der Waals surface area contributed by atoms with Crippen LogP contribution < -0.4 is 0 Å². The average molecular weight is 230 g/mol. The lowest BCUT2D eigenvalue weighted by atomic mass is 10.1. The molecule has 66 valence electrons. The molecule has 0 aliphatic heterocycles. The van der Waals surface area contributed by atoms with Crippen LogP contribution in [0.1, 0.15) is 30.7 Å². The molecular weight excluding hydrogens is 218 g/mol. The number of aryl methyl sites for hydroxylation is 1. The highest BCUT2D eigenvalue weighted by atomic mass is 79.9. The maximum atomic E-state index is 9.55. The molecule has 0 bridgehead atoms. The Morgan fingerprint density at radius 3 is 2.75 bits per heavy atom. The lowest BCUT2D eigenvalue weighted by Gasteiger charge is -2.10. The van der Waals surface area contributed by atoms with Crippen LogP contribution in [0.2, 0.25) is 0 Å². The predicted octanol–water partition coefficient (Wildman–Crippen LogP) is 2.60. The summed E-state index contributed by atoms with van der Waals surface area (Å²) in [5, 5.41) is 9.55. The lowest BCUT2D eigenvalue weighted by Crippen LogP contribution is -1.99. The van der Waals surface area contributed by atoms with Crippen LogP contribution in [0.3, 0.4) is 0 Å². The maximum absolute atomic E-state index is 9.55. The van der Waals surface area contributed by atoms with Gasteiger partial charge in [0.25, 0.3) is 0 Å². The van der Waals surface area contributed by atoms with Crippen molar-refractivity contribution < 1.29 is 5.11 Å². The Hall–Kier alpha value is -0.410. The first-order chi connectivity index (χ1) is 5.65. The Labute approximate surface area is 80.8 Å². The van der Waals surface area contributed by atoms with Crippen molar-refractivity contribution in [1.29, 1.82) is 0 Å². The van der Waals surface area contributed by atoms with Crippen LogP contribution in [0, 0.1) is 6.92 Å². The fourth-order valence-corrected chi connectivity index (χ4v) is 1.51. The first-order valence-corrected chi connectivity index (χ1v) is 4.75. The second kappa shape index (κ2) is 4.01. The molecule has 1 heterocycles. The Morgan fingerprint density at radius 1 is 1.58 bits per heavy atom. The molecule has 1 atom stereocenters. The first-order valence-electron chi connectivity index (χ1n) is 3.96. The summed E-state index contributed by atoms with van der Waals surface area (Å²) in [5.41, 5.74) is 1.81. The van der Waals surface area contributed by atoms with Crippen LogP contribution in [-0.2, 0) is 0 Å². The third-order valence-electron chi connectivity index (χ3n) is 1.84. The summed E-state index contributed by atoms with van der Waals surface area (Å²) in [7, 11) is 0. The molecular formula is C9H12BrNO. The maximum Gasteiger partial charge on any atom is 0.106 e. The molecule has 0 spiro atoms. The van der Waals surface area contributed by atoms with Gasteiger partial charge >= 0.3 is 0 Å². The van der Waals surface area contributed by atoms with E-state index in [1.807, 2.05) is 26.0 Å². The van der Waals surface area contributed by atoms with Gasteiger partial charge in [-0.3, -0.25) is 0 Å². The third-order valence-corrected chi connectivity index (χ3v) is 2.28. The third kappa shape index (κ3) is 2.05. The molecule has 0 fully saturated rings. The highest BCUT2D eigenvalue weighted by molar-refractivity contribution is 9.10. The highest BCUT2D eigenvalue weighted by Crippen LogP contribution is 2.20. The number of aromatic nitrogens is 1. The van der Waals surface area contributed by atoms with Gasteiger partial charge in [-0.05, 0) is 35.3 Å². The second-order valence-electron chi connectivity index (χ2n) is 2.73. The fraction of sp³-hybridized carbons (Fsp3) is 0.444. The minimum Gasteiger partial charge on any atom is -0.388 e. The fourth-order valence-electron chi connectivity index (χ4n) is 1.11. The number of aliphatic hydroxyl groups is 1. The highest BCUT2D eigenvalue weighted by Gasteiger charge is 2.08. The van der Waals surface area contributed by atoms with Gasteiger partial charge in [-0.15, -0.1) is 0 Å². The van der Waals surface area contributed by atoms with Gasteiger partial charge in [0.2, 0.25) is 0 Å². The van der Waals surface area contributed by atoms with Crippen molar-refractivity contribution in [2.75, 3.05) is 0 Å². The summed E-state index contributed by atoms with van der Waals surface area (Å²) in [5.74, 6) is 0. The average Bonchev–Trinajstić information content (AvgIpc) is 2.03. The van der Waals surface area contributed by atoms with Crippen LogP contribution in [0.15, 0.2) is 16.7 Å². The van der Waals surface area contributed by atoms with Gasteiger partial charge in [0.05, 0.1) is 6.10 Å². The van der Waals surface area contributed by atoms with E-state index in [1.165, 1.54) is 0 Å². The van der Waals surface area contributed by atoms with Gasteiger partial charge in [-0.1, -0.05) is 13.0 Å². The number of hydrogen-bond donors (Lipinski definition) is 1. The van der Waals surface area contributed by atoms with E-state index in [-0.39, 0.29) is 6.10 Å². The van der Waals surface area contributed by atoms with Crippen molar-refractivity contribution in [2.24, 2.45) is 0 Å². The zero-order valence-electron chi connectivity index (χ0n) is 7.21. The van der Waals surface area contributed by atoms with Crippen LogP contribution in [0.5, 0.6) is 0 Å². The van der Waals surface area contributed by atoms with E-state index in [1.54, 1.807) is 0 Å². The first kappa shape index (κ1) is 9.68. The summed E-state index contributed by atoms with van der Waals surface area (Å²) in [6.07, 6.45) is 0.343. The Morgan fingerprint density at radius 2 is 2.25 bits per heavy atom. The monoisotopic (exact) mass is 229 g/mol. The van der Waals surface area contributed by atoms with Gasteiger partial charge in [0.15, 0.2) is 0 Å². The van der Waals surface area contributed by atoms with E-state index >= 15 is 0 Å². The summed E-state index contributed by atoms with van der Waals surface area (Å²) < 4.78 is 0.812. The standard InChI is InChI=1S/C9H12BrNO/c1-3-8(12)7-4-5-9(10)11-6(7)2/h4-5,8,12H,3H2,1-2H3/t8-/m1/s1. The van der Waals surface area contributed by atoms with Crippen LogP contribution in [0.4, 0.5) is 0 Å². The van der Waals surface area contributed by atoms with E-state index < -0.39 is 0 Å². The summed E-state index contributed by atoms with van der Waals surface area (Å²) in [6, 6.07) is 3.75. The smallest absolute Gasteiger partial charge is 0.106 e. The van der Waals surface area contributed by atoms with Crippen LogP contribution >= 0.6 is 15.9 Å². The molecule has 0 amide bonds. The molecule has 3 heteroatoms. The summed E-state index contributed by atoms with van der Waals surface area (Å²) >= 11 is 3.27. The van der Waals surface area contributed by atoms with Gasteiger partial charge in [0, 0.05) is 11.3 Å². The molecule has 1 aromatic rings. The zero-order chi connectivity index (χ0) is 9.14. The molecule has 0 aliphatic carbocycles. The van der Waals surface area contributed by atoms with E-state index in [4.69, 9.17) is 0 Å². The number of halogens is 1. The van der Waals surface area contributed by atoms with Crippen LogP contribution in [0.25, 0.3) is 0 Å². The van der Waals surface area contributed by atoms with Crippen molar-refractivity contribution in [3.8, 4) is 0 Å². The molecule has 0 radical (unpaired) electrons. The van der Waals surface area contributed by atoms with Gasteiger partial charge in [-0.2, -0.15) is 0 Å².